The fraction of sp³-hybridized carbons (Fsp3) is 0.562. The van der Waals surface area contributed by atoms with Gasteiger partial charge >= 0.3 is 0 Å². The molecule has 4 atom stereocenters. The molecule has 4 heteroatoms. The smallest absolute Gasteiger partial charge is 0.0668 e. The van der Waals surface area contributed by atoms with Gasteiger partial charge in [-0.3, -0.25) is 4.21 Å². The van der Waals surface area contributed by atoms with Crippen LogP contribution in [0.5, 0.6) is 0 Å². The van der Waals surface area contributed by atoms with Crippen LogP contribution in [0.1, 0.15) is 38.2 Å². The Morgan fingerprint density at radius 2 is 2.15 bits per heavy atom. The zero-order valence-electron chi connectivity index (χ0n) is 11.7. The van der Waals surface area contributed by atoms with Crippen molar-refractivity contribution in [3.05, 3.63) is 34.9 Å². The van der Waals surface area contributed by atoms with Crippen molar-refractivity contribution >= 4 is 22.4 Å². The first-order chi connectivity index (χ1) is 9.65. The van der Waals surface area contributed by atoms with Gasteiger partial charge in [0.05, 0.1) is 23.0 Å². The summed E-state index contributed by atoms with van der Waals surface area (Å²) in [5.41, 5.74) is 0.919. The zero-order valence-corrected chi connectivity index (χ0v) is 13.3. The van der Waals surface area contributed by atoms with Gasteiger partial charge in [0.15, 0.2) is 0 Å². The molecule has 0 aromatic heterocycles. The molecule has 1 aromatic carbocycles. The van der Waals surface area contributed by atoms with Crippen LogP contribution in [0.4, 0.5) is 0 Å². The summed E-state index contributed by atoms with van der Waals surface area (Å²) in [7, 11) is -1.03. The van der Waals surface area contributed by atoms with Crippen LogP contribution >= 0.6 is 11.6 Å². The topological polar surface area (TPSA) is 40.9 Å². The van der Waals surface area contributed by atoms with Crippen LogP contribution in [0.3, 0.4) is 0 Å². The molecular weight excluding hydrogens is 290 g/mol. The van der Waals surface area contributed by atoms with Gasteiger partial charge in [-0.05, 0) is 36.8 Å². The SMILES string of the molecule is CCC1CCC(C#N)C(S(=O)Cc2ccccc2Cl)C1. The Morgan fingerprint density at radius 3 is 2.80 bits per heavy atom. The summed E-state index contributed by atoms with van der Waals surface area (Å²) in [6.45, 7) is 2.17. The summed E-state index contributed by atoms with van der Waals surface area (Å²) >= 11 is 6.13. The van der Waals surface area contributed by atoms with Crippen LogP contribution in [0.25, 0.3) is 0 Å². The Labute approximate surface area is 128 Å². The van der Waals surface area contributed by atoms with Gasteiger partial charge in [-0.15, -0.1) is 0 Å². The maximum absolute atomic E-state index is 12.7. The van der Waals surface area contributed by atoms with Crippen molar-refractivity contribution in [2.75, 3.05) is 0 Å². The molecule has 0 spiro atoms. The van der Waals surface area contributed by atoms with Gasteiger partial charge in [-0.2, -0.15) is 5.26 Å². The summed E-state index contributed by atoms with van der Waals surface area (Å²) in [4.78, 5) is 0. The minimum absolute atomic E-state index is 0.00465. The molecule has 0 saturated heterocycles. The molecule has 108 valence electrons. The van der Waals surface area contributed by atoms with E-state index in [9.17, 15) is 9.47 Å². The van der Waals surface area contributed by atoms with E-state index in [-0.39, 0.29) is 11.2 Å². The Morgan fingerprint density at radius 1 is 1.40 bits per heavy atom. The Hall–Kier alpha value is -0.850. The molecule has 0 radical (unpaired) electrons. The van der Waals surface area contributed by atoms with Crippen molar-refractivity contribution in [3.63, 3.8) is 0 Å². The molecule has 20 heavy (non-hydrogen) atoms. The average Bonchev–Trinajstić information content (AvgIpc) is 2.48. The van der Waals surface area contributed by atoms with Crippen LogP contribution in [0, 0.1) is 23.2 Å². The lowest BCUT2D eigenvalue weighted by Crippen LogP contribution is -2.32. The van der Waals surface area contributed by atoms with Crippen LogP contribution in [0.15, 0.2) is 24.3 Å². The first-order valence-electron chi connectivity index (χ1n) is 7.15. The Kier molecular flexibility index (Phi) is 5.63. The largest absolute Gasteiger partial charge is 0.259 e. The van der Waals surface area contributed by atoms with Crippen LogP contribution < -0.4 is 0 Å². The molecule has 0 bridgehead atoms. The standard InChI is InChI=1S/C16H20ClNOS/c1-2-12-7-8-13(10-18)16(9-12)20(19)11-14-5-3-4-6-15(14)17/h3-6,12-13,16H,2,7-9,11H2,1H3. The van der Waals surface area contributed by atoms with Gasteiger partial charge in [0, 0.05) is 15.8 Å². The third kappa shape index (κ3) is 3.62. The van der Waals surface area contributed by atoms with E-state index in [2.05, 4.69) is 13.0 Å². The third-order valence-corrected chi connectivity index (χ3v) is 6.40. The minimum atomic E-state index is -1.03. The minimum Gasteiger partial charge on any atom is -0.259 e. The van der Waals surface area contributed by atoms with E-state index >= 15 is 0 Å². The Balaban J connectivity index is 2.10. The van der Waals surface area contributed by atoms with E-state index < -0.39 is 10.8 Å². The van der Waals surface area contributed by atoms with E-state index in [0.717, 1.165) is 31.2 Å². The molecular formula is C16H20ClNOS. The molecule has 1 aliphatic rings. The van der Waals surface area contributed by atoms with E-state index in [0.29, 0.717) is 16.7 Å². The maximum Gasteiger partial charge on any atom is 0.0668 e. The number of hydrogen-bond donors (Lipinski definition) is 0. The second kappa shape index (κ2) is 7.24. The number of benzene rings is 1. The summed E-state index contributed by atoms with van der Waals surface area (Å²) in [6, 6.07) is 9.89. The molecule has 2 rings (SSSR count). The molecule has 1 aromatic rings. The lowest BCUT2D eigenvalue weighted by atomic mass is 9.81. The van der Waals surface area contributed by atoms with Gasteiger partial charge < -0.3 is 0 Å². The summed E-state index contributed by atoms with van der Waals surface area (Å²) in [6.07, 6.45) is 3.99. The second-order valence-electron chi connectivity index (χ2n) is 5.48. The van der Waals surface area contributed by atoms with Crippen LogP contribution in [-0.2, 0) is 16.6 Å². The first kappa shape index (κ1) is 15.5. The molecule has 1 saturated carbocycles. The maximum atomic E-state index is 12.7. The lowest BCUT2D eigenvalue weighted by molar-refractivity contribution is 0.313. The van der Waals surface area contributed by atoms with Gasteiger partial charge in [0.1, 0.15) is 0 Å². The number of hydrogen-bond acceptors (Lipinski definition) is 2. The normalized spacial score (nSPS) is 27.8. The molecule has 1 aliphatic carbocycles. The highest BCUT2D eigenvalue weighted by molar-refractivity contribution is 7.84. The number of halogens is 1. The molecule has 0 aliphatic heterocycles. The van der Waals surface area contributed by atoms with Crippen molar-refractivity contribution in [1.29, 1.82) is 5.26 Å². The van der Waals surface area contributed by atoms with Gasteiger partial charge in [0.2, 0.25) is 0 Å². The van der Waals surface area contributed by atoms with Gasteiger partial charge in [-0.25, -0.2) is 0 Å². The number of nitrogens with zero attached hydrogens (tertiary/aromatic N) is 1. The summed E-state index contributed by atoms with van der Waals surface area (Å²) < 4.78 is 12.7. The van der Waals surface area contributed by atoms with Crippen molar-refractivity contribution < 1.29 is 4.21 Å². The predicted molar refractivity (Wildman–Crippen MR) is 83.8 cm³/mol. The second-order valence-corrected chi connectivity index (χ2v) is 7.54. The van der Waals surface area contributed by atoms with Crippen molar-refractivity contribution in [2.24, 2.45) is 11.8 Å². The predicted octanol–water partition coefficient (Wildman–Crippen LogP) is 4.31. The third-order valence-electron chi connectivity index (χ3n) is 4.24. The first-order valence-corrected chi connectivity index (χ1v) is 8.91. The Bertz CT molecular complexity index is 525. The average molecular weight is 310 g/mol. The quantitative estimate of drug-likeness (QED) is 0.831. The van der Waals surface area contributed by atoms with E-state index in [1.165, 1.54) is 0 Å². The number of nitriles is 1. The highest BCUT2D eigenvalue weighted by atomic mass is 35.5. The summed E-state index contributed by atoms with van der Waals surface area (Å²) in [5.74, 6) is 1.000. The van der Waals surface area contributed by atoms with Crippen molar-refractivity contribution in [2.45, 2.75) is 43.6 Å². The fourth-order valence-corrected chi connectivity index (χ4v) is 5.00. The van der Waals surface area contributed by atoms with Crippen LogP contribution in [0.2, 0.25) is 5.02 Å². The van der Waals surface area contributed by atoms with Crippen LogP contribution in [-0.4, -0.2) is 9.46 Å². The van der Waals surface area contributed by atoms with Gasteiger partial charge in [-0.1, -0.05) is 43.1 Å². The van der Waals surface area contributed by atoms with E-state index in [1.807, 2.05) is 24.3 Å². The molecule has 2 nitrogen and oxygen atoms in total. The monoisotopic (exact) mass is 309 g/mol. The van der Waals surface area contributed by atoms with Crippen molar-refractivity contribution in [1.82, 2.24) is 0 Å². The molecule has 0 N–H and O–H groups in total. The molecule has 4 unspecified atom stereocenters. The zero-order chi connectivity index (χ0) is 14.5. The summed E-state index contributed by atoms with van der Waals surface area (Å²) in [5, 5.41) is 9.94. The molecule has 0 heterocycles. The lowest BCUT2D eigenvalue weighted by Gasteiger charge is -2.31. The van der Waals surface area contributed by atoms with E-state index in [1.54, 1.807) is 0 Å². The highest BCUT2D eigenvalue weighted by Gasteiger charge is 2.33. The van der Waals surface area contributed by atoms with Crippen molar-refractivity contribution in [3.8, 4) is 6.07 Å². The molecule has 0 amide bonds. The van der Waals surface area contributed by atoms with E-state index in [4.69, 9.17) is 11.6 Å². The highest BCUT2D eigenvalue weighted by Crippen LogP contribution is 2.34. The number of rotatable bonds is 4. The van der Waals surface area contributed by atoms with Gasteiger partial charge in [0.25, 0.3) is 0 Å². The molecule has 1 fully saturated rings. The fourth-order valence-electron chi connectivity index (χ4n) is 2.90.